The first-order chi connectivity index (χ1) is 11.5. The molecule has 0 saturated heterocycles. The molecule has 0 aromatic rings. The lowest BCUT2D eigenvalue weighted by Gasteiger charge is -2.28. The van der Waals surface area contributed by atoms with E-state index in [0.717, 1.165) is 23.3 Å². The minimum absolute atomic E-state index is 0.0876. The summed E-state index contributed by atoms with van der Waals surface area (Å²) in [7, 11) is 0. The fourth-order valence-electron chi connectivity index (χ4n) is 3.19. The second kappa shape index (κ2) is 7.07. The lowest BCUT2D eigenvalue weighted by molar-refractivity contribution is 0.0469. The van der Waals surface area contributed by atoms with Crippen LogP contribution >= 0.6 is 0 Å². The number of aliphatic hydroxyl groups is 2. The van der Waals surface area contributed by atoms with Crippen LogP contribution in [0.15, 0.2) is 34.2 Å². The van der Waals surface area contributed by atoms with Crippen molar-refractivity contribution in [2.45, 2.75) is 58.3 Å². The first-order valence-electron chi connectivity index (χ1n) is 8.67. The Morgan fingerprint density at radius 1 is 1.33 bits per heavy atom. The summed E-state index contributed by atoms with van der Waals surface area (Å²) in [6.07, 6.45) is 1.44. The van der Waals surface area contributed by atoms with Crippen molar-refractivity contribution in [3.8, 4) is 0 Å². The average Bonchev–Trinajstić information content (AvgIpc) is 2.90. The Kier molecular flexibility index (Phi) is 5.06. The zero-order chi connectivity index (χ0) is 17.3. The molecule has 0 radical (unpaired) electrons. The molecule has 2 unspecified atom stereocenters. The van der Waals surface area contributed by atoms with Crippen molar-refractivity contribution in [2.24, 2.45) is 0 Å². The molecule has 0 aromatic heterocycles. The Morgan fingerprint density at radius 3 is 2.88 bits per heavy atom. The van der Waals surface area contributed by atoms with Crippen LogP contribution in [0.1, 0.15) is 40.0 Å². The lowest BCUT2D eigenvalue weighted by atomic mass is 9.91. The van der Waals surface area contributed by atoms with Crippen molar-refractivity contribution in [3.63, 3.8) is 0 Å². The zero-order valence-corrected chi connectivity index (χ0v) is 14.6. The number of allylic oxidation sites excluding steroid dienone is 1. The van der Waals surface area contributed by atoms with E-state index in [-0.39, 0.29) is 12.7 Å². The number of nitrogens with one attached hydrogen (secondary N) is 1. The monoisotopic (exact) mass is 337 g/mol. The third-order valence-electron chi connectivity index (χ3n) is 4.37. The largest absolute Gasteiger partial charge is 0.512 e. The van der Waals surface area contributed by atoms with Gasteiger partial charge in [0.1, 0.15) is 18.5 Å². The molecule has 6 heteroatoms. The predicted octanol–water partition coefficient (Wildman–Crippen LogP) is 2.27. The van der Waals surface area contributed by atoms with E-state index in [1.54, 1.807) is 0 Å². The molecule has 3 rings (SSSR count). The van der Waals surface area contributed by atoms with Gasteiger partial charge in [0.2, 0.25) is 5.76 Å². The molecule has 2 aliphatic heterocycles. The van der Waals surface area contributed by atoms with Gasteiger partial charge in [0, 0.05) is 37.4 Å². The van der Waals surface area contributed by atoms with Gasteiger partial charge < -0.3 is 29.7 Å². The molecule has 2 heterocycles. The highest BCUT2D eigenvalue weighted by molar-refractivity contribution is 5.49. The SMILES string of the molecule is CC(C)NCC(O)COC1=C2OCCC(O)=C2CC2=C1OC(C)C2. The van der Waals surface area contributed by atoms with Crippen LogP contribution in [0.3, 0.4) is 0 Å². The summed E-state index contributed by atoms with van der Waals surface area (Å²) in [6.45, 7) is 7.09. The summed E-state index contributed by atoms with van der Waals surface area (Å²) >= 11 is 0. The van der Waals surface area contributed by atoms with Crippen LogP contribution in [0.4, 0.5) is 0 Å². The van der Waals surface area contributed by atoms with E-state index in [1.807, 2.05) is 20.8 Å². The van der Waals surface area contributed by atoms with Gasteiger partial charge in [0.25, 0.3) is 0 Å². The Labute approximate surface area is 142 Å². The minimum atomic E-state index is -0.630. The van der Waals surface area contributed by atoms with Gasteiger partial charge >= 0.3 is 0 Å². The van der Waals surface area contributed by atoms with E-state index in [9.17, 15) is 10.2 Å². The maximum absolute atomic E-state index is 10.2. The number of aliphatic hydroxyl groups excluding tert-OH is 2. The Hall–Kier alpha value is -1.66. The van der Waals surface area contributed by atoms with Crippen LogP contribution in [-0.2, 0) is 14.2 Å². The average molecular weight is 337 g/mol. The summed E-state index contributed by atoms with van der Waals surface area (Å²) in [5.41, 5.74) is 1.92. The molecule has 0 spiro atoms. The van der Waals surface area contributed by atoms with Crippen LogP contribution in [-0.4, -0.2) is 48.2 Å². The molecule has 6 nitrogen and oxygen atoms in total. The van der Waals surface area contributed by atoms with Crippen molar-refractivity contribution >= 4 is 0 Å². The van der Waals surface area contributed by atoms with Gasteiger partial charge in [-0.25, -0.2) is 0 Å². The predicted molar refractivity (Wildman–Crippen MR) is 89.2 cm³/mol. The van der Waals surface area contributed by atoms with Gasteiger partial charge in [0.15, 0.2) is 11.5 Å². The maximum Gasteiger partial charge on any atom is 0.204 e. The highest BCUT2D eigenvalue weighted by atomic mass is 16.6. The molecule has 0 amide bonds. The summed E-state index contributed by atoms with van der Waals surface area (Å²) in [5.74, 6) is 2.17. The molecule has 3 aliphatic rings. The van der Waals surface area contributed by atoms with Crippen LogP contribution in [0.25, 0.3) is 0 Å². The summed E-state index contributed by atoms with van der Waals surface area (Å²) in [6, 6.07) is 0.304. The summed E-state index contributed by atoms with van der Waals surface area (Å²) < 4.78 is 17.6. The molecule has 0 aromatic carbocycles. The zero-order valence-electron chi connectivity index (χ0n) is 14.6. The van der Waals surface area contributed by atoms with E-state index in [0.29, 0.717) is 49.3 Å². The normalized spacial score (nSPS) is 24.6. The Balaban J connectivity index is 1.78. The lowest BCUT2D eigenvalue weighted by Crippen LogP contribution is -2.34. The summed E-state index contributed by atoms with van der Waals surface area (Å²) in [4.78, 5) is 0. The van der Waals surface area contributed by atoms with E-state index in [4.69, 9.17) is 14.2 Å². The highest BCUT2D eigenvalue weighted by Gasteiger charge is 2.38. The van der Waals surface area contributed by atoms with Crippen molar-refractivity contribution in [1.29, 1.82) is 0 Å². The van der Waals surface area contributed by atoms with Crippen molar-refractivity contribution < 1.29 is 24.4 Å². The van der Waals surface area contributed by atoms with E-state index < -0.39 is 6.10 Å². The van der Waals surface area contributed by atoms with Crippen LogP contribution < -0.4 is 5.32 Å². The first kappa shape index (κ1) is 17.2. The van der Waals surface area contributed by atoms with Crippen LogP contribution in [0.2, 0.25) is 0 Å². The van der Waals surface area contributed by atoms with Crippen molar-refractivity contribution in [1.82, 2.24) is 5.32 Å². The van der Waals surface area contributed by atoms with Crippen molar-refractivity contribution in [3.05, 3.63) is 34.2 Å². The van der Waals surface area contributed by atoms with Gasteiger partial charge in [-0.15, -0.1) is 0 Å². The van der Waals surface area contributed by atoms with Gasteiger partial charge in [-0.1, -0.05) is 13.8 Å². The summed E-state index contributed by atoms with van der Waals surface area (Å²) in [5, 5.41) is 23.5. The van der Waals surface area contributed by atoms with E-state index >= 15 is 0 Å². The second-order valence-corrected chi connectivity index (χ2v) is 6.95. The molecule has 1 aliphatic carbocycles. The maximum atomic E-state index is 10.2. The number of hydrogen-bond donors (Lipinski definition) is 3. The van der Waals surface area contributed by atoms with Crippen LogP contribution in [0.5, 0.6) is 0 Å². The van der Waals surface area contributed by atoms with Gasteiger partial charge in [-0.2, -0.15) is 0 Å². The fraction of sp³-hybridized carbons (Fsp3) is 0.667. The third kappa shape index (κ3) is 3.54. The van der Waals surface area contributed by atoms with Crippen molar-refractivity contribution in [2.75, 3.05) is 19.8 Å². The van der Waals surface area contributed by atoms with Gasteiger partial charge in [-0.3, -0.25) is 0 Å². The number of rotatable bonds is 6. The van der Waals surface area contributed by atoms with Gasteiger partial charge in [-0.05, 0) is 12.5 Å². The quantitative estimate of drug-likeness (QED) is 0.690. The smallest absolute Gasteiger partial charge is 0.204 e. The standard InChI is InChI=1S/C18H27NO5/c1-10(2)19-8-13(20)9-23-18-16-12(6-11(3)24-16)7-14-15(21)4-5-22-17(14)18/h10-11,13,19-21H,4-9H2,1-3H3. The number of ether oxygens (including phenoxy) is 3. The minimum Gasteiger partial charge on any atom is -0.512 e. The van der Waals surface area contributed by atoms with E-state index in [2.05, 4.69) is 5.32 Å². The molecule has 3 N–H and O–H groups in total. The fourth-order valence-corrected chi connectivity index (χ4v) is 3.19. The topological polar surface area (TPSA) is 80.2 Å². The molecular weight excluding hydrogens is 310 g/mol. The molecule has 0 fully saturated rings. The molecular formula is C18H27NO5. The molecule has 24 heavy (non-hydrogen) atoms. The molecule has 2 atom stereocenters. The van der Waals surface area contributed by atoms with E-state index in [1.165, 1.54) is 0 Å². The molecule has 134 valence electrons. The number of fused-ring (bicyclic) bond motifs is 1. The first-order valence-corrected chi connectivity index (χ1v) is 8.67. The molecule has 0 bridgehead atoms. The highest BCUT2D eigenvalue weighted by Crippen LogP contribution is 2.44. The molecule has 0 saturated carbocycles. The Bertz CT molecular complexity index is 590. The van der Waals surface area contributed by atoms with Gasteiger partial charge in [0.05, 0.1) is 12.7 Å². The second-order valence-electron chi connectivity index (χ2n) is 6.95. The van der Waals surface area contributed by atoms with Crippen LogP contribution in [0, 0.1) is 0 Å². The third-order valence-corrected chi connectivity index (χ3v) is 4.37. The number of hydrogen-bond acceptors (Lipinski definition) is 6. The Morgan fingerprint density at radius 2 is 2.12 bits per heavy atom.